The van der Waals surface area contributed by atoms with E-state index in [2.05, 4.69) is 19.2 Å². The van der Waals surface area contributed by atoms with Crippen molar-refractivity contribution in [3.63, 3.8) is 0 Å². The normalized spacial score (nSPS) is 25.4. The number of rotatable bonds is 4. The molecule has 1 atom stereocenters. The molecule has 1 aromatic heterocycles. The second-order valence-electron chi connectivity index (χ2n) is 6.09. The van der Waals surface area contributed by atoms with E-state index in [0.717, 1.165) is 68.3 Å². The van der Waals surface area contributed by atoms with Crippen LogP contribution in [0.5, 0.6) is 0 Å². The molecule has 116 valence electrons. The topological polar surface area (TPSA) is 56.3 Å². The maximum Gasteiger partial charge on any atom is 0.162 e. The van der Waals surface area contributed by atoms with Gasteiger partial charge in [0.2, 0.25) is 0 Å². The molecule has 1 aromatic rings. The van der Waals surface area contributed by atoms with Crippen molar-refractivity contribution < 1.29 is 9.47 Å². The fraction of sp³-hybridized carbons (Fsp3) is 0.750. The number of hydrogen-bond acceptors (Lipinski definition) is 5. The lowest BCUT2D eigenvalue weighted by Gasteiger charge is -2.33. The molecule has 3 rings (SSSR count). The molecular weight excluding hydrogens is 266 g/mol. The van der Waals surface area contributed by atoms with Gasteiger partial charge < -0.3 is 14.8 Å². The van der Waals surface area contributed by atoms with Crippen molar-refractivity contribution in [1.29, 1.82) is 0 Å². The molecule has 21 heavy (non-hydrogen) atoms. The van der Waals surface area contributed by atoms with Crippen LogP contribution in [0.4, 0.5) is 5.82 Å². The Balaban J connectivity index is 1.96. The average Bonchev–Trinajstić information content (AvgIpc) is 2.53. The first-order valence-electron chi connectivity index (χ1n) is 8.09. The Kier molecular flexibility index (Phi) is 4.40. The Labute approximate surface area is 126 Å². The van der Waals surface area contributed by atoms with Crippen LogP contribution in [0.1, 0.15) is 56.6 Å². The summed E-state index contributed by atoms with van der Waals surface area (Å²) in [6.07, 6.45) is 5.24. The highest BCUT2D eigenvalue weighted by Gasteiger charge is 2.34. The van der Waals surface area contributed by atoms with Gasteiger partial charge in [0.1, 0.15) is 11.4 Å². The van der Waals surface area contributed by atoms with Gasteiger partial charge in [0, 0.05) is 25.1 Å². The zero-order chi connectivity index (χ0) is 14.7. The molecule has 2 aliphatic rings. The Bertz CT molecular complexity index is 499. The largest absolute Gasteiger partial charge is 0.376 e. The minimum Gasteiger partial charge on any atom is -0.376 e. The van der Waals surface area contributed by atoms with E-state index in [9.17, 15) is 0 Å². The first kappa shape index (κ1) is 14.7. The Morgan fingerprint density at radius 3 is 2.90 bits per heavy atom. The quantitative estimate of drug-likeness (QED) is 0.924. The summed E-state index contributed by atoms with van der Waals surface area (Å²) < 4.78 is 11.6. The van der Waals surface area contributed by atoms with Crippen LogP contribution in [-0.4, -0.2) is 29.7 Å². The second-order valence-corrected chi connectivity index (χ2v) is 6.09. The van der Waals surface area contributed by atoms with Gasteiger partial charge in [-0.3, -0.25) is 0 Å². The van der Waals surface area contributed by atoms with Gasteiger partial charge >= 0.3 is 0 Å². The molecule has 2 aliphatic heterocycles. The minimum absolute atomic E-state index is 0.339. The summed E-state index contributed by atoms with van der Waals surface area (Å²) in [6, 6.07) is 0. The van der Waals surface area contributed by atoms with Crippen molar-refractivity contribution in [2.45, 2.75) is 58.2 Å². The number of nitrogens with one attached hydrogen (secondary N) is 1. The van der Waals surface area contributed by atoms with Crippen LogP contribution in [-0.2, 0) is 28.1 Å². The number of anilines is 1. The summed E-state index contributed by atoms with van der Waals surface area (Å²) in [6.45, 7) is 7.35. The van der Waals surface area contributed by atoms with Crippen molar-refractivity contribution in [3.8, 4) is 0 Å². The van der Waals surface area contributed by atoms with Crippen molar-refractivity contribution in [2.24, 2.45) is 0 Å². The van der Waals surface area contributed by atoms with E-state index in [-0.39, 0.29) is 5.60 Å². The zero-order valence-electron chi connectivity index (χ0n) is 13.1. The van der Waals surface area contributed by atoms with Gasteiger partial charge in [-0.2, -0.15) is 0 Å². The van der Waals surface area contributed by atoms with Gasteiger partial charge in [-0.15, -0.1) is 0 Å². The Morgan fingerprint density at radius 2 is 2.14 bits per heavy atom. The molecule has 1 fully saturated rings. The van der Waals surface area contributed by atoms with Crippen LogP contribution >= 0.6 is 0 Å². The third kappa shape index (κ3) is 3.04. The molecule has 3 heterocycles. The summed E-state index contributed by atoms with van der Waals surface area (Å²) in [4.78, 5) is 9.61. The monoisotopic (exact) mass is 291 g/mol. The Hall–Kier alpha value is -1.20. The van der Waals surface area contributed by atoms with Gasteiger partial charge in [-0.1, -0.05) is 6.92 Å². The van der Waals surface area contributed by atoms with Crippen LogP contribution in [0, 0.1) is 0 Å². The molecule has 5 heteroatoms. The standard InChI is InChI=1S/C16H25N3O2/c1-3-8-17-14-12-11-20-10-6-13(12)18-15(19-14)16(2)7-4-5-9-21-16/h3-11H2,1-2H3,(H,17,18,19). The van der Waals surface area contributed by atoms with E-state index in [0.29, 0.717) is 6.61 Å². The van der Waals surface area contributed by atoms with Crippen molar-refractivity contribution >= 4 is 5.82 Å². The van der Waals surface area contributed by atoms with E-state index >= 15 is 0 Å². The predicted molar refractivity (Wildman–Crippen MR) is 81.3 cm³/mol. The maximum atomic E-state index is 6.02. The lowest BCUT2D eigenvalue weighted by Crippen LogP contribution is -2.33. The van der Waals surface area contributed by atoms with Crippen LogP contribution in [0.2, 0.25) is 0 Å². The summed E-state index contributed by atoms with van der Waals surface area (Å²) in [7, 11) is 0. The predicted octanol–water partition coefficient (Wildman–Crippen LogP) is 2.79. The van der Waals surface area contributed by atoms with Gasteiger partial charge in [-0.05, 0) is 32.6 Å². The van der Waals surface area contributed by atoms with Crippen LogP contribution in [0.25, 0.3) is 0 Å². The lowest BCUT2D eigenvalue weighted by molar-refractivity contribution is -0.0762. The molecular formula is C16H25N3O2. The van der Waals surface area contributed by atoms with Gasteiger partial charge in [0.05, 0.1) is 18.9 Å². The molecule has 1 saturated heterocycles. The Morgan fingerprint density at radius 1 is 1.24 bits per heavy atom. The van der Waals surface area contributed by atoms with Crippen molar-refractivity contribution in [2.75, 3.05) is 25.1 Å². The molecule has 0 aliphatic carbocycles. The van der Waals surface area contributed by atoms with Crippen LogP contribution in [0.3, 0.4) is 0 Å². The van der Waals surface area contributed by atoms with Crippen molar-refractivity contribution in [1.82, 2.24) is 9.97 Å². The highest BCUT2D eigenvalue weighted by atomic mass is 16.5. The third-order valence-corrected chi connectivity index (χ3v) is 4.31. The molecule has 0 amide bonds. The zero-order valence-corrected chi connectivity index (χ0v) is 13.1. The van der Waals surface area contributed by atoms with Gasteiger partial charge in [0.15, 0.2) is 5.82 Å². The first-order chi connectivity index (χ1) is 10.2. The molecule has 0 bridgehead atoms. The van der Waals surface area contributed by atoms with E-state index in [1.54, 1.807) is 0 Å². The number of ether oxygens (including phenoxy) is 2. The fourth-order valence-electron chi connectivity index (χ4n) is 2.97. The first-order valence-corrected chi connectivity index (χ1v) is 8.09. The SMILES string of the molecule is CCCNc1nc(C2(C)CCCCO2)nc2c1COCC2. The van der Waals surface area contributed by atoms with E-state index in [1.165, 1.54) is 6.42 Å². The number of hydrogen-bond donors (Lipinski definition) is 1. The summed E-state index contributed by atoms with van der Waals surface area (Å²) in [5, 5.41) is 3.43. The second kappa shape index (κ2) is 6.28. The van der Waals surface area contributed by atoms with Gasteiger partial charge in [0.25, 0.3) is 0 Å². The number of fused-ring (bicyclic) bond motifs is 1. The molecule has 1 unspecified atom stereocenters. The summed E-state index contributed by atoms with van der Waals surface area (Å²) >= 11 is 0. The molecule has 0 saturated carbocycles. The highest BCUT2D eigenvalue weighted by molar-refractivity contribution is 5.47. The summed E-state index contributed by atoms with van der Waals surface area (Å²) in [5.41, 5.74) is 1.91. The molecule has 5 nitrogen and oxygen atoms in total. The smallest absolute Gasteiger partial charge is 0.162 e. The highest BCUT2D eigenvalue weighted by Crippen LogP contribution is 2.34. The van der Waals surface area contributed by atoms with Crippen molar-refractivity contribution in [3.05, 3.63) is 17.1 Å². The number of aromatic nitrogens is 2. The number of nitrogens with zero attached hydrogens (tertiary/aromatic N) is 2. The molecule has 0 aromatic carbocycles. The molecule has 1 N–H and O–H groups in total. The summed E-state index contributed by atoms with van der Waals surface area (Å²) in [5.74, 6) is 1.77. The third-order valence-electron chi connectivity index (χ3n) is 4.31. The van der Waals surface area contributed by atoms with E-state index in [1.807, 2.05) is 0 Å². The minimum atomic E-state index is -0.339. The van der Waals surface area contributed by atoms with Crippen LogP contribution < -0.4 is 5.32 Å². The fourth-order valence-corrected chi connectivity index (χ4v) is 2.97. The average molecular weight is 291 g/mol. The van der Waals surface area contributed by atoms with Crippen LogP contribution in [0.15, 0.2) is 0 Å². The molecule has 0 spiro atoms. The maximum absolute atomic E-state index is 6.02. The van der Waals surface area contributed by atoms with E-state index < -0.39 is 0 Å². The molecule has 0 radical (unpaired) electrons. The van der Waals surface area contributed by atoms with Gasteiger partial charge in [-0.25, -0.2) is 9.97 Å². The lowest BCUT2D eigenvalue weighted by atomic mass is 9.94. The van der Waals surface area contributed by atoms with E-state index in [4.69, 9.17) is 19.4 Å².